The number of nitrogens with one attached hydrogen (secondary N) is 1. The van der Waals surface area contributed by atoms with Crippen molar-refractivity contribution in [1.29, 1.82) is 0 Å². The number of ether oxygens (including phenoxy) is 2. The third-order valence-corrected chi connectivity index (χ3v) is 4.18. The molecule has 32 heavy (non-hydrogen) atoms. The van der Waals surface area contributed by atoms with E-state index in [1.54, 1.807) is 61.7 Å². The highest BCUT2D eigenvalue weighted by molar-refractivity contribution is 8.12. The van der Waals surface area contributed by atoms with Gasteiger partial charge in [-0.2, -0.15) is 0 Å². The molecule has 0 unspecified atom stereocenters. The second-order valence-corrected chi connectivity index (χ2v) is 6.75. The first-order valence-electron chi connectivity index (χ1n) is 9.28. The van der Waals surface area contributed by atoms with E-state index in [-0.39, 0.29) is 24.8 Å². The van der Waals surface area contributed by atoms with Crippen LogP contribution < -0.4 is 15.9 Å². The van der Waals surface area contributed by atoms with Gasteiger partial charge in [-0.3, -0.25) is 4.79 Å². The number of amides is 1. The predicted octanol–water partition coefficient (Wildman–Crippen LogP) is 3.56. The summed E-state index contributed by atoms with van der Waals surface area (Å²) < 4.78 is 18.9. The summed E-state index contributed by atoms with van der Waals surface area (Å²) in [6.45, 7) is 1.33. The molecule has 0 radical (unpaired) electrons. The summed E-state index contributed by atoms with van der Waals surface area (Å²) in [5.41, 5.74) is 0.509. The number of thioether (sulfide) groups is 1. The van der Waals surface area contributed by atoms with Crippen LogP contribution in [0.1, 0.15) is 21.9 Å². The number of para-hydroxylation sites is 1. The standard InChI is InChI=1S/C15H13NO3.C7H8O5S/c17-14(19-13-9-5-2-6-10-13)11-16-15(18)12-7-3-1-4-8-12;1-4-5(12-6(8)11-4)3-10-7(9)13-2/h1-10H,11H2,(H,16,18);3H2,1-2H3. The summed E-state index contributed by atoms with van der Waals surface area (Å²) in [5, 5.41) is 2.08. The van der Waals surface area contributed by atoms with Crippen molar-refractivity contribution in [3.63, 3.8) is 0 Å². The van der Waals surface area contributed by atoms with Crippen LogP contribution in [0.4, 0.5) is 4.79 Å². The van der Waals surface area contributed by atoms with Crippen LogP contribution in [-0.4, -0.2) is 30.0 Å². The van der Waals surface area contributed by atoms with Crippen LogP contribution >= 0.6 is 11.8 Å². The van der Waals surface area contributed by atoms with E-state index in [9.17, 15) is 19.2 Å². The molecule has 1 amide bonds. The molecule has 3 aromatic rings. The molecular weight excluding hydrogens is 438 g/mol. The number of hydrogen-bond acceptors (Lipinski definition) is 9. The largest absolute Gasteiger partial charge is 0.519 e. The molecule has 0 aliphatic heterocycles. The third kappa shape index (κ3) is 8.52. The van der Waals surface area contributed by atoms with Crippen molar-refractivity contribution in [2.75, 3.05) is 12.8 Å². The van der Waals surface area contributed by atoms with E-state index >= 15 is 0 Å². The number of carbonyl (C=O) groups excluding carboxylic acids is 3. The van der Waals surface area contributed by atoms with Crippen LogP contribution in [0.2, 0.25) is 0 Å². The second kappa shape index (κ2) is 12.8. The molecule has 1 N–H and O–H groups in total. The molecule has 0 aliphatic carbocycles. The van der Waals surface area contributed by atoms with Gasteiger partial charge in [0.05, 0.1) is 0 Å². The van der Waals surface area contributed by atoms with Gasteiger partial charge in [0.15, 0.2) is 18.1 Å². The SMILES string of the molecule is CSC(=O)OCc1oc(=O)oc1C.O=C(CNC(=O)c1ccccc1)Oc1ccccc1. The normalized spacial score (nSPS) is 9.81. The average Bonchev–Trinajstić information content (AvgIpc) is 3.14. The van der Waals surface area contributed by atoms with Crippen molar-refractivity contribution >= 4 is 28.9 Å². The van der Waals surface area contributed by atoms with Crippen LogP contribution in [0.3, 0.4) is 0 Å². The topological polar surface area (TPSA) is 125 Å². The van der Waals surface area contributed by atoms with Crippen LogP contribution in [0.5, 0.6) is 5.75 Å². The maximum absolute atomic E-state index is 11.7. The molecule has 1 heterocycles. The fraction of sp³-hybridized carbons (Fsp3) is 0.182. The summed E-state index contributed by atoms with van der Waals surface area (Å²) >= 11 is 0.945. The highest BCUT2D eigenvalue weighted by Gasteiger charge is 2.10. The number of aryl methyl sites for hydroxylation is 1. The predicted molar refractivity (Wildman–Crippen MR) is 117 cm³/mol. The van der Waals surface area contributed by atoms with Gasteiger partial charge in [0.2, 0.25) is 0 Å². The van der Waals surface area contributed by atoms with Gasteiger partial charge in [-0.15, -0.1) is 0 Å². The minimum Gasteiger partial charge on any atom is -0.449 e. The Balaban J connectivity index is 0.000000244. The zero-order valence-electron chi connectivity index (χ0n) is 17.4. The Morgan fingerprint density at radius 3 is 2.16 bits per heavy atom. The number of benzene rings is 2. The molecule has 0 fully saturated rings. The Morgan fingerprint density at radius 2 is 1.59 bits per heavy atom. The van der Waals surface area contributed by atoms with Crippen LogP contribution in [0.15, 0.2) is 74.3 Å². The molecule has 0 aliphatic rings. The smallest absolute Gasteiger partial charge is 0.449 e. The Kier molecular flexibility index (Phi) is 9.79. The molecule has 3 rings (SSSR count). The number of esters is 1. The first kappa shape index (κ1) is 24.5. The van der Waals surface area contributed by atoms with Gasteiger partial charge in [-0.1, -0.05) is 36.4 Å². The maximum Gasteiger partial charge on any atom is 0.519 e. The molecule has 0 saturated heterocycles. The highest BCUT2D eigenvalue weighted by atomic mass is 32.2. The van der Waals surface area contributed by atoms with Gasteiger partial charge in [-0.05, 0) is 49.2 Å². The van der Waals surface area contributed by atoms with Crippen LogP contribution in [0, 0.1) is 6.92 Å². The average molecular weight is 459 g/mol. The molecule has 0 saturated carbocycles. The maximum atomic E-state index is 11.7. The van der Waals surface area contributed by atoms with Crippen LogP contribution in [-0.2, 0) is 16.1 Å². The van der Waals surface area contributed by atoms with Gasteiger partial charge >= 0.3 is 17.1 Å². The number of carbonyl (C=O) groups is 3. The van der Waals surface area contributed by atoms with Gasteiger partial charge < -0.3 is 23.6 Å². The van der Waals surface area contributed by atoms with Gasteiger partial charge in [-0.25, -0.2) is 14.4 Å². The highest BCUT2D eigenvalue weighted by Crippen LogP contribution is 2.09. The number of hydrogen-bond donors (Lipinski definition) is 1. The molecule has 0 atom stereocenters. The Hall–Kier alpha value is -3.79. The van der Waals surface area contributed by atoms with E-state index in [1.807, 2.05) is 12.1 Å². The lowest BCUT2D eigenvalue weighted by Crippen LogP contribution is -2.31. The van der Waals surface area contributed by atoms with Crippen LogP contribution in [0.25, 0.3) is 0 Å². The molecular formula is C22H21NO8S. The quantitative estimate of drug-likeness (QED) is 0.435. The van der Waals surface area contributed by atoms with Gasteiger partial charge in [0.25, 0.3) is 5.91 Å². The zero-order chi connectivity index (χ0) is 23.3. The molecule has 0 bridgehead atoms. The van der Waals surface area contributed by atoms with E-state index in [2.05, 4.69) is 14.2 Å². The van der Waals surface area contributed by atoms with Gasteiger partial charge in [0, 0.05) is 5.56 Å². The van der Waals surface area contributed by atoms with Crippen molar-refractivity contribution in [2.45, 2.75) is 13.5 Å². The third-order valence-electron chi connectivity index (χ3n) is 3.73. The lowest BCUT2D eigenvalue weighted by atomic mass is 10.2. The summed E-state index contributed by atoms with van der Waals surface area (Å²) in [5.74, 6) is -0.554. The Bertz CT molecular complexity index is 1080. The molecule has 2 aromatic carbocycles. The monoisotopic (exact) mass is 459 g/mol. The van der Waals surface area contributed by atoms with E-state index in [1.165, 1.54) is 0 Å². The van der Waals surface area contributed by atoms with E-state index in [0.717, 1.165) is 11.8 Å². The van der Waals surface area contributed by atoms with E-state index < -0.39 is 17.1 Å². The summed E-state index contributed by atoms with van der Waals surface area (Å²) in [6.07, 6.45) is 1.60. The Morgan fingerprint density at radius 1 is 0.969 bits per heavy atom. The van der Waals surface area contributed by atoms with Crippen molar-refractivity contribution < 1.29 is 32.7 Å². The summed E-state index contributed by atoms with van der Waals surface area (Å²) in [6, 6.07) is 17.4. The molecule has 1 aromatic heterocycles. The van der Waals surface area contributed by atoms with Crippen molar-refractivity contribution in [3.8, 4) is 5.75 Å². The summed E-state index contributed by atoms with van der Waals surface area (Å²) in [7, 11) is 0. The lowest BCUT2D eigenvalue weighted by molar-refractivity contribution is -0.133. The lowest BCUT2D eigenvalue weighted by Gasteiger charge is -2.05. The molecule has 10 heteroatoms. The van der Waals surface area contributed by atoms with Crippen molar-refractivity contribution in [2.24, 2.45) is 0 Å². The van der Waals surface area contributed by atoms with E-state index in [0.29, 0.717) is 17.1 Å². The first-order valence-corrected chi connectivity index (χ1v) is 10.5. The second-order valence-electron chi connectivity index (χ2n) is 6.01. The molecule has 0 spiro atoms. The molecule has 168 valence electrons. The Labute approximate surface area is 187 Å². The molecule has 9 nitrogen and oxygen atoms in total. The van der Waals surface area contributed by atoms with Gasteiger partial charge in [0.1, 0.15) is 12.3 Å². The fourth-order valence-electron chi connectivity index (χ4n) is 2.19. The fourth-order valence-corrected chi connectivity index (χ4v) is 2.37. The summed E-state index contributed by atoms with van der Waals surface area (Å²) in [4.78, 5) is 44.4. The van der Waals surface area contributed by atoms with E-state index in [4.69, 9.17) is 9.47 Å². The number of rotatable bonds is 6. The first-order chi connectivity index (χ1) is 15.4. The minimum absolute atomic E-state index is 0.0722. The minimum atomic E-state index is -0.785. The van der Waals surface area contributed by atoms with Crippen molar-refractivity contribution in [1.82, 2.24) is 5.32 Å². The van der Waals surface area contributed by atoms with Crippen molar-refractivity contribution in [3.05, 3.63) is 88.4 Å². The zero-order valence-corrected chi connectivity index (χ0v) is 18.2.